The molecule has 6 heteroatoms. The van der Waals surface area contributed by atoms with Crippen molar-refractivity contribution < 1.29 is 13.2 Å². The number of sulfonamides is 1. The highest BCUT2D eigenvalue weighted by Crippen LogP contribution is 2.02. The van der Waals surface area contributed by atoms with Gasteiger partial charge in [0.05, 0.1) is 12.8 Å². The summed E-state index contributed by atoms with van der Waals surface area (Å²) in [6, 6.07) is 0. The molecule has 0 saturated carbocycles. The zero-order valence-corrected chi connectivity index (χ0v) is 11.5. The average molecular weight is 250 g/mol. The van der Waals surface area contributed by atoms with Gasteiger partial charge in [0.1, 0.15) is 0 Å². The molecule has 0 rings (SSSR count). The SMILES string of the molecule is CCCN(CC(=O)NC(C)(C)C)S(C)(=O)=O. The number of rotatable bonds is 5. The Balaban J connectivity index is 4.48. The van der Waals surface area contributed by atoms with Crippen LogP contribution < -0.4 is 5.32 Å². The predicted octanol–water partition coefficient (Wildman–Crippen LogP) is 0.573. The van der Waals surface area contributed by atoms with Gasteiger partial charge in [-0.05, 0) is 27.2 Å². The van der Waals surface area contributed by atoms with E-state index in [1.54, 1.807) is 0 Å². The van der Waals surface area contributed by atoms with Crippen molar-refractivity contribution >= 4 is 15.9 Å². The first-order valence-corrected chi connectivity index (χ1v) is 7.17. The Morgan fingerprint density at radius 1 is 1.31 bits per heavy atom. The zero-order chi connectivity index (χ0) is 13.0. The maximum absolute atomic E-state index is 11.6. The van der Waals surface area contributed by atoms with Gasteiger partial charge in [-0.2, -0.15) is 4.31 Å². The van der Waals surface area contributed by atoms with E-state index in [1.807, 2.05) is 27.7 Å². The molecule has 0 aliphatic heterocycles. The van der Waals surface area contributed by atoms with E-state index in [9.17, 15) is 13.2 Å². The molecule has 16 heavy (non-hydrogen) atoms. The molecule has 1 amide bonds. The van der Waals surface area contributed by atoms with Crippen LogP contribution >= 0.6 is 0 Å². The second kappa shape index (κ2) is 5.63. The third-order valence-electron chi connectivity index (χ3n) is 1.78. The molecule has 0 unspecified atom stereocenters. The quantitative estimate of drug-likeness (QED) is 0.776. The van der Waals surface area contributed by atoms with Gasteiger partial charge < -0.3 is 5.32 Å². The van der Waals surface area contributed by atoms with Crippen LogP contribution in [-0.2, 0) is 14.8 Å². The summed E-state index contributed by atoms with van der Waals surface area (Å²) >= 11 is 0. The molecular weight excluding hydrogens is 228 g/mol. The first-order chi connectivity index (χ1) is 7.06. The third-order valence-corrected chi connectivity index (χ3v) is 3.03. The smallest absolute Gasteiger partial charge is 0.235 e. The summed E-state index contributed by atoms with van der Waals surface area (Å²) in [5.74, 6) is -0.272. The van der Waals surface area contributed by atoms with Crippen molar-refractivity contribution in [3.8, 4) is 0 Å². The van der Waals surface area contributed by atoms with E-state index in [2.05, 4.69) is 5.32 Å². The van der Waals surface area contributed by atoms with Crippen LogP contribution in [0.1, 0.15) is 34.1 Å². The van der Waals surface area contributed by atoms with Crippen LogP contribution in [0.5, 0.6) is 0 Å². The summed E-state index contributed by atoms with van der Waals surface area (Å²) in [4.78, 5) is 11.6. The van der Waals surface area contributed by atoms with Crippen LogP contribution in [0.4, 0.5) is 0 Å². The van der Waals surface area contributed by atoms with Crippen molar-refractivity contribution in [2.24, 2.45) is 0 Å². The van der Waals surface area contributed by atoms with Gasteiger partial charge in [0, 0.05) is 12.1 Å². The van der Waals surface area contributed by atoms with Gasteiger partial charge in [0.2, 0.25) is 15.9 Å². The number of nitrogens with zero attached hydrogens (tertiary/aromatic N) is 1. The Labute approximate surface area is 98.3 Å². The standard InChI is InChI=1S/C10H22N2O3S/c1-6-7-12(16(5,14)15)8-9(13)11-10(2,3)4/h6-8H2,1-5H3,(H,11,13). The zero-order valence-electron chi connectivity index (χ0n) is 10.7. The highest BCUT2D eigenvalue weighted by Gasteiger charge is 2.21. The van der Waals surface area contributed by atoms with Gasteiger partial charge in [-0.15, -0.1) is 0 Å². The van der Waals surface area contributed by atoms with Crippen LogP contribution in [0, 0.1) is 0 Å². The normalized spacial score (nSPS) is 12.9. The highest BCUT2D eigenvalue weighted by molar-refractivity contribution is 7.88. The molecule has 0 aromatic rings. The van der Waals surface area contributed by atoms with Crippen molar-refractivity contribution in [2.75, 3.05) is 19.3 Å². The molecule has 0 aromatic carbocycles. The lowest BCUT2D eigenvalue weighted by Gasteiger charge is -2.24. The molecule has 5 nitrogen and oxygen atoms in total. The Hall–Kier alpha value is -0.620. The summed E-state index contributed by atoms with van der Waals surface area (Å²) in [6.45, 7) is 7.71. The average Bonchev–Trinajstić information content (AvgIpc) is 1.97. The fourth-order valence-corrected chi connectivity index (χ4v) is 2.10. The van der Waals surface area contributed by atoms with E-state index < -0.39 is 10.0 Å². The molecule has 0 bridgehead atoms. The fourth-order valence-electron chi connectivity index (χ4n) is 1.23. The van der Waals surface area contributed by atoms with E-state index in [1.165, 1.54) is 4.31 Å². The second-order valence-corrected chi connectivity index (χ2v) is 6.88. The van der Waals surface area contributed by atoms with E-state index in [4.69, 9.17) is 0 Å². The van der Waals surface area contributed by atoms with Crippen LogP contribution in [-0.4, -0.2) is 43.5 Å². The van der Waals surface area contributed by atoms with Gasteiger partial charge in [-0.25, -0.2) is 8.42 Å². The Morgan fingerprint density at radius 3 is 2.12 bits per heavy atom. The van der Waals surface area contributed by atoms with Gasteiger partial charge >= 0.3 is 0 Å². The van der Waals surface area contributed by atoms with Crippen molar-refractivity contribution in [1.29, 1.82) is 0 Å². The lowest BCUT2D eigenvalue weighted by Crippen LogP contribution is -2.47. The molecule has 0 spiro atoms. The molecule has 0 atom stereocenters. The monoisotopic (exact) mass is 250 g/mol. The molecular formula is C10H22N2O3S. The summed E-state index contributed by atoms with van der Waals surface area (Å²) in [6.07, 6.45) is 1.81. The first kappa shape index (κ1) is 15.4. The molecule has 1 N–H and O–H groups in total. The summed E-state index contributed by atoms with van der Waals surface area (Å²) in [7, 11) is -3.31. The number of hydrogen-bond donors (Lipinski definition) is 1. The largest absolute Gasteiger partial charge is 0.350 e. The molecule has 0 aromatic heterocycles. The van der Waals surface area contributed by atoms with Gasteiger partial charge in [0.15, 0.2) is 0 Å². The van der Waals surface area contributed by atoms with Crippen molar-refractivity contribution in [3.05, 3.63) is 0 Å². The summed E-state index contributed by atoms with van der Waals surface area (Å²) in [5, 5.41) is 2.74. The minimum Gasteiger partial charge on any atom is -0.350 e. The van der Waals surface area contributed by atoms with Crippen molar-refractivity contribution in [3.63, 3.8) is 0 Å². The Morgan fingerprint density at radius 2 is 1.81 bits per heavy atom. The van der Waals surface area contributed by atoms with E-state index in [0.717, 1.165) is 6.26 Å². The van der Waals surface area contributed by atoms with Crippen LogP contribution in [0.3, 0.4) is 0 Å². The summed E-state index contributed by atoms with van der Waals surface area (Å²) in [5.41, 5.74) is -0.341. The lowest BCUT2D eigenvalue weighted by molar-refractivity contribution is -0.122. The predicted molar refractivity (Wildman–Crippen MR) is 64.6 cm³/mol. The number of amides is 1. The van der Waals surface area contributed by atoms with Crippen LogP contribution in [0.25, 0.3) is 0 Å². The fraction of sp³-hybridized carbons (Fsp3) is 0.900. The molecule has 0 aliphatic carbocycles. The minimum absolute atomic E-state index is 0.107. The number of nitrogens with one attached hydrogen (secondary N) is 1. The maximum Gasteiger partial charge on any atom is 0.235 e. The summed E-state index contributed by atoms with van der Waals surface area (Å²) < 4.78 is 23.9. The molecule has 0 fully saturated rings. The van der Waals surface area contributed by atoms with Crippen LogP contribution in [0.15, 0.2) is 0 Å². The van der Waals surface area contributed by atoms with Gasteiger partial charge in [-0.3, -0.25) is 4.79 Å². The third kappa shape index (κ3) is 6.79. The molecule has 0 heterocycles. The van der Waals surface area contributed by atoms with E-state index in [-0.39, 0.29) is 18.0 Å². The molecule has 96 valence electrons. The minimum atomic E-state index is -3.31. The maximum atomic E-state index is 11.6. The Bertz CT molecular complexity index is 330. The van der Waals surface area contributed by atoms with Gasteiger partial charge in [0.25, 0.3) is 0 Å². The highest BCUT2D eigenvalue weighted by atomic mass is 32.2. The first-order valence-electron chi connectivity index (χ1n) is 5.32. The van der Waals surface area contributed by atoms with Crippen molar-refractivity contribution in [1.82, 2.24) is 9.62 Å². The number of carbonyl (C=O) groups excluding carboxylic acids is 1. The topological polar surface area (TPSA) is 66.5 Å². The van der Waals surface area contributed by atoms with E-state index in [0.29, 0.717) is 13.0 Å². The molecule has 0 saturated heterocycles. The molecule has 0 aliphatic rings. The van der Waals surface area contributed by atoms with Gasteiger partial charge in [-0.1, -0.05) is 6.92 Å². The Kier molecular flexibility index (Phi) is 5.41. The molecule has 0 radical (unpaired) electrons. The number of carbonyl (C=O) groups is 1. The van der Waals surface area contributed by atoms with Crippen molar-refractivity contribution in [2.45, 2.75) is 39.7 Å². The second-order valence-electron chi connectivity index (χ2n) is 4.89. The number of hydrogen-bond acceptors (Lipinski definition) is 3. The van der Waals surface area contributed by atoms with Crippen LogP contribution in [0.2, 0.25) is 0 Å². The lowest BCUT2D eigenvalue weighted by atomic mass is 10.1. The van der Waals surface area contributed by atoms with E-state index >= 15 is 0 Å².